The van der Waals surface area contributed by atoms with Crippen LogP contribution in [0.15, 0.2) is 24.3 Å². The van der Waals surface area contributed by atoms with Crippen LogP contribution in [0.25, 0.3) is 0 Å². The van der Waals surface area contributed by atoms with E-state index < -0.39 is 12.1 Å². The molecule has 6 heteroatoms. The van der Waals surface area contributed by atoms with E-state index in [9.17, 15) is 14.0 Å². The van der Waals surface area contributed by atoms with Gasteiger partial charge in [0.25, 0.3) is 0 Å². The quantitative estimate of drug-likeness (QED) is 0.880. The molecule has 20 heavy (non-hydrogen) atoms. The van der Waals surface area contributed by atoms with Gasteiger partial charge in [-0.25, -0.2) is 9.18 Å². The summed E-state index contributed by atoms with van der Waals surface area (Å²) in [5, 5.41) is 2.38. The van der Waals surface area contributed by atoms with Gasteiger partial charge in [-0.2, -0.15) is 0 Å². The second-order valence-electron chi connectivity index (χ2n) is 4.97. The van der Waals surface area contributed by atoms with Gasteiger partial charge in [-0.05, 0) is 37.5 Å². The molecule has 0 saturated carbocycles. The van der Waals surface area contributed by atoms with Crippen LogP contribution in [0, 0.1) is 5.82 Å². The lowest BCUT2D eigenvalue weighted by Gasteiger charge is -2.28. The Balaban J connectivity index is 2.15. The maximum atomic E-state index is 13.3. The maximum absolute atomic E-state index is 13.3. The minimum Gasteiger partial charge on any atom is -0.352 e. The van der Waals surface area contributed by atoms with Gasteiger partial charge in [0.1, 0.15) is 11.9 Å². The Kier molecular flexibility index (Phi) is 4.22. The van der Waals surface area contributed by atoms with Crippen molar-refractivity contribution < 1.29 is 14.0 Å². The van der Waals surface area contributed by atoms with Crippen LogP contribution >= 0.6 is 0 Å². The van der Waals surface area contributed by atoms with Crippen LogP contribution in [0.2, 0.25) is 0 Å². The fourth-order valence-electron chi connectivity index (χ4n) is 2.61. The van der Waals surface area contributed by atoms with Gasteiger partial charge in [-0.1, -0.05) is 12.1 Å². The van der Waals surface area contributed by atoms with Gasteiger partial charge in [-0.15, -0.1) is 0 Å². The average molecular weight is 279 g/mol. The molecule has 1 aliphatic heterocycles. The number of carbonyl (C=O) groups is 2. The van der Waals surface area contributed by atoms with Gasteiger partial charge in [0.15, 0.2) is 0 Å². The molecule has 3 amide bonds. The summed E-state index contributed by atoms with van der Waals surface area (Å²) in [6, 6.07) is 4.72. The van der Waals surface area contributed by atoms with Crippen LogP contribution in [0.4, 0.5) is 9.18 Å². The molecule has 0 bridgehead atoms. The minimum atomic E-state index is -0.729. The van der Waals surface area contributed by atoms with E-state index in [-0.39, 0.29) is 17.8 Å². The lowest BCUT2D eigenvalue weighted by molar-refractivity contribution is -0.133. The SMILES string of the molecule is CC(NC(N)=O)C(=O)N1CCCC1c1cccc(F)c1. The van der Waals surface area contributed by atoms with Gasteiger partial charge in [0.05, 0.1) is 6.04 Å². The van der Waals surface area contributed by atoms with Crippen LogP contribution in [-0.4, -0.2) is 29.4 Å². The number of nitrogens with one attached hydrogen (secondary N) is 1. The summed E-state index contributed by atoms with van der Waals surface area (Å²) in [6.45, 7) is 2.19. The number of hydrogen-bond acceptors (Lipinski definition) is 2. The third-order valence-corrected chi connectivity index (χ3v) is 3.50. The first-order valence-electron chi connectivity index (χ1n) is 6.61. The highest BCUT2D eigenvalue weighted by Crippen LogP contribution is 2.32. The third kappa shape index (κ3) is 3.07. The predicted molar refractivity (Wildman–Crippen MR) is 72.3 cm³/mol. The van der Waals surface area contributed by atoms with Crippen molar-refractivity contribution in [3.05, 3.63) is 35.6 Å². The number of amides is 3. The average Bonchev–Trinajstić information content (AvgIpc) is 2.86. The Hall–Kier alpha value is -2.11. The van der Waals surface area contributed by atoms with E-state index in [1.165, 1.54) is 12.1 Å². The summed E-state index contributed by atoms with van der Waals surface area (Å²) in [5.74, 6) is -0.513. The molecule has 1 saturated heterocycles. The second-order valence-corrected chi connectivity index (χ2v) is 4.97. The first-order valence-corrected chi connectivity index (χ1v) is 6.61. The van der Waals surface area contributed by atoms with Gasteiger partial charge in [-0.3, -0.25) is 4.79 Å². The highest BCUT2D eigenvalue weighted by molar-refractivity contribution is 5.86. The number of urea groups is 1. The lowest BCUT2D eigenvalue weighted by atomic mass is 10.0. The van der Waals surface area contributed by atoms with E-state index >= 15 is 0 Å². The lowest BCUT2D eigenvalue weighted by Crippen LogP contribution is -2.48. The number of benzene rings is 1. The first-order chi connectivity index (χ1) is 9.49. The number of rotatable bonds is 3. The van der Waals surface area contributed by atoms with Crippen molar-refractivity contribution in [1.82, 2.24) is 10.2 Å². The number of nitrogens with two attached hydrogens (primary N) is 1. The van der Waals surface area contributed by atoms with Crippen molar-refractivity contribution in [1.29, 1.82) is 0 Å². The molecule has 0 aliphatic carbocycles. The Morgan fingerprint density at radius 3 is 2.90 bits per heavy atom. The topological polar surface area (TPSA) is 75.4 Å². The third-order valence-electron chi connectivity index (χ3n) is 3.50. The second kappa shape index (κ2) is 5.90. The van der Waals surface area contributed by atoms with Crippen LogP contribution in [0.5, 0.6) is 0 Å². The molecule has 5 nitrogen and oxygen atoms in total. The van der Waals surface area contributed by atoms with Crippen molar-refractivity contribution in [2.75, 3.05) is 6.54 Å². The molecule has 0 radical (unpaired) electrons. The van der Waals surface area contributed by atoms with Crippen LogP contribution < -0.4 is 11.1 Å². The zero-order chi connectivity index (χ0) is 14.7. The number of carbonyl (C=O) groups excluding carboxylic acids is 2. The molecule has 0 spiro atoms. The van der Waals surface area contributed by atoms with E-state index in [0.29, 0.717) is 6.54 Å². The van der Waals surface area contributed by atoms with E-state index in [2.05, 4.69) is 5.32 Å². The number of halogens is 1. The van der Waals surface area contributed by atoms with E-state index in [0.717, 1.165) is 18.4 Å². The van der Waals surface area contributed by atoms with Crippen LogP contribution in [0.1, 0.15) is 31.4 Å². The molecule has 2 unspecified atom stereocenters. The Morgan fingerprint density at radius 1 is 1.50 bits per heavy atom. The van der Waals surface area contributed by atoms with Crippen molar-refractivity contribution in [3.8, 4) is 0 Å². The molecular weight excluding hydrogens is 261 g/mol. The number of primary amides is 1. The molecule has 1 aliphatic rings. The normalized spacial score (nSPS) is 19.7. The van der Waals surface area contributed by atoms with Crippen molar-refractivity contribution >= 4 is 11.9 Å². The Bertz CT molecular complexity index is 521. The molecule has 3 N–H and O–H groups in total. The molecule has 1 fully saturated rings. The summed E-state index contributed by atoms with van der Waals surface area (Å²) in [5.41, 5.74) is 5.80. The highest BCUT2D eigenvalue weighted by Gasteiger charge is 2.32. The molecule has 108 valence electrons. The van der Waals surface area contributed by atoms with Crippen molar-refractivity contribution in [2.45, 2.75) is 31.8 Å². The summed E-state index contributed by atoms with van der Waals surface area (Å²) in [7, 11) is 0. The Morgan fingerprint density at radius 2 is 2.25 bits per heavy atom. The van der Waals surface area contributed by atoms with Crippen LogP contribution in [0.3, 0.4) is 0 Å². The minimum absolute atomic E-state index is 0.143. The summed E-state index contributed by atoms with van der Waals surface area (Å²) < 4.78 is 13.3. The Labute approximate surface area is 116 Å². The van der Waals surface area contributed by atoms with E-state index in [1.807, 2.05) is 6.07 Å². The number of nitrogens with zero attached hydrogens (tertiary/aromatic N) is 1. The maximum Gasteiger partial charge on any atom is 0.312 e. The van der Waals surface area contributed by atoms with E-state index in [4.69, 9.17) is 5.73 Å². The molecule has 2 atom stereocenters. The van der Waals surface area contributed by atoms with Gasteiger partial charge in [0.2, 0.25) is 5.91 Å². The molecule has 1 heterocycles. The van der Waals surface area contributed by atoms with Gasteiger partial charge >= 0.3 is 6.03 Å². The molecule has 0 aromatic heterocycles. The van der Waals surface area contributed by atoms with Crippen molar-refractivity contribution in [2.24, 2.45) is 5.73 Å². The van der Waals surface area contributed by atoms with Crippen LogP contribution in [-0.2, 0) is 4.79 Å². The fraction of sp³-hybridized carbons (Fsp3) is 0.429. The number of likely N-dealkylation sites (tertiary alicyclic amines) is 1. The smallest absolute Gasteiger partial charge is 0.312 e. The van der Waals surface area contributed by atoms with E-state index in [1.54, 1.807) is 17.9 Å². The molecular formula is C14H18FN3O2. The molecule has 2 rings (SSSR count). The zero-order valence-corrected chi connectivity index (χ0v) is 11.3. The standard InChI is InChI=1S/C14H18FN3O2/c1-9(17-14(16)20)13(19)18-7-3-6-12(18)10-4-2-5-11(15)8-10/h2,4-5,8-9,12H,3,6-7H2,1H3,(H3,16,17,20). The monoisotopic (exact) mass is 279 g/mol. The number of hydrogen-bond donors (Lipinski definition) is 2. The summed E-state index contributed by atoms with van der Waals surface area (Å²) >= 11 is 0. The van der Waals surface area contributed by atoms with Gasteiger partial charge < -0.3 is 16.0 Å². The molecule has 1 aromatic carbocycles. The molecule has 1 aromatic rings. The highest BCUT2D eigenvalue weighted by atomic mass is 19.1. The predicted octanol–water partition coefficient (Wildman–Crippen LogP) is 1.55. The first kappa shape index (κ1) is 14.3. The van der Waals surface area contributed by atoms with Crippen molar-refractivity contribution in [3.63, 3.8) is 0 Å². The summed E-state index contributed by atoms with van der Waals surface area (Å²) in [4.78, 5) is 24.8. The largest absolute Gasteiger partial charge is 0.352 e. The van der Waals surface area contributed by atoms with Gasteiger partial charge in [0, 0.05) is 6.54 Å². The summed E-state index contributed by atoms with van der Waals surface area (Å²) in [6.07, 6.45) is 1.65. The zero-order valence-electron chi connectivity index (χ0n) is 11.3. The fourth-order valence-corrected chi connectivity index (χ4v) is 2.61.